The average molecular weight is 439 g/mol. The predicted octanol–water partition coefficient (Wildman–Crippen LogP) is 3.42. The standard InChI is InChI=1S/C25H34N4O3/c1-4-18-10-12-19(13-11-18)21-16-22-23(30)28(14-15-32-3)25(2,17-29(22)27-21)24(31)26-20-8-6-5-7-9-20/h10-13,16,20H,4-9,14-15,17H2,1-3H3,(H,26,31). The summed E-state index contributed by atoms with van der Waals surface area (Å²) >= 11 is 0. The fourth-order valence-electron chi connectivity index (χ4n) is 4.81. The van der Waals surface area contributed by atoms with E-state index in [4.69, 9.17) is 9.84 Å². The van der Waals surface area contributed by atoms with Crippen molar-refractivity contribution in [1.29, 1.82) is 0 Å². The number of fused-ring (bicyclic) bond motifs is 1. The lowest BCUT2D eigenvalue weighted by Crippen LogP contribution is -2.65. The van der Waals surface area contributed by atoms with Gasteiger partial charge in [0.2, 0.25) is 5.91 Å². The van der Waals surface area contributed by atoms with Crippen LogP contribution in [0.5, 0.6) is 0 Å². The normalized spacial score (nSPS) is 21.5. The topological polar surface area (TPSA) is 76.5 Å². The van der Waals surface area contributed by atoms with Crippen molar-refractivity contribution in [1.82, 2.24) is 20.0 Å². The third kappa shape index (κ3) is 4.31. The summed E-state index contributed by atoms with van der Waals surface area (Å²) in [6, 6.07) is 10.3. The van der Waals surface area contributed by atoms with Crippen molar-refractivity contribution in [3.05, 3.63) is 41.6 Å². The number of hydrogen-bond acceptors (Lipinski definition) is 4. The Morgan fingerprint density at radius 1 is 1.22 bits per heavy atom. The van der Waals surface area contributed by atoms with Crippen LogP contribution in [-0.4, -0.2) is 58.3 Å². The molecule has 2 aromatic rings. The van der Waals surface area contributed by atoms with E-state index in [9.17, 15) is 9.59 Å². The van der Waals surface area contributed by atoms with Crippen LogP contribution in [0.2, 0.25) is 0 Å². The van der Waals surface area contributed by atoms with E-state index in [0.717, 1.165) is 43.4 Å². The number of aryl methyl sites for hydroxylation is 1. The van der Waals surface area contributed by atoms with Crippen molar-refractivity contribution < 1.29 is 14.3 Å². The highest BCUT2D eigenvalue weighted by atomic mass is 16.5. The Kier molecular flexibility index (Phi) is 6.65. The zero-order chi connectivity index (χ0) is 22.7. The molecule has 4 rings (SSSR count). The molecular formula is C25H34N4O3. The second-order valence-corrected chi connectivity index (χ2v) is 9.15. The molecule has 172 valence electrons. The van der Waals surface area contributed by atoms with Crippen LogP contribution in [0.15, 0.2) is 30.3 Å². The summed E-state index contributed by atoms with van der Waals surface area (Å²) in [5.74, 6) is -0.289. The highest BCUT2D eigenvalue weighted by Crippen LogP contribution is 2.31. The van der Waals surface area contributed by atoms with Gasteiger partial charge in [-0.25, -0.2) is 0 Å². The van der Waals surface area contributed by atoms with E-state index in [0.29, 0.717) is 25.4 Å². The van der Waals surface area contributed by atoms with Gasteiger partial charge < -0.3 is 15.0 Å². The molecule has 2 aliphatic rings. The van der Waals surface area contributed by atoms with Crippen LogP contribution in [0.25, 0.3) is 11.3 Å². The number of ether oxygens (including phenoxy) is 1. The fraction of sp³-hybridized carbons (Fsp3) is 0.560. The van der Waals surface area contributed by atoms with Crippen LogP contribution in [0.3, 0.4) is 0 Å². The molecule has 1 aromatic heterocycles. The summed E-state index contributed by atoms with van der Waals surface area (Å²) < 4.78 is 6.96. The van der Waals surface area contributed by atoms with E-state index < -0.39 is 5.54 Å². The second-order valence-electron chi connectivity index (χ2n) is 9.15. The van der Waals surface area contributed by atoms with Crippen LogP contribution in [-0.2, 0) is 22.5 Å². The van der Waals surface area contributed by atoms with Gasteiger partial charge in [-0.1, -0.05) is 50.5 Å². The van der Waals surface area contributed by atoms with Gasteiger partial charge in [0.15, 0.2) is 0 Å². The van der Waals surface area contributed by atoms with Gasteiger partial charge in [0.1, 0.15) is 11.2 Å². The molecule has 7 nitrogen and oxygen atoms in total. The van der Waals surface area contributed by atoms with Crippen LogP contribution in [0.4, 0.5) is 0 Å². The molecule has 0 bridgehead atoms. The Hall–Kier alpha value is -2.67. The number of nitrogens with zero attached hydrogens (tertiary/aromatic N) is 3. The smallest absolute Gasteiger partial charge is 0.273 e. The molecule has 1 aliphatic heterocycles. The Morgan fingerprint density at radius 2 is 1.94 bits per heavy atom. The molecule has 1 N–H and O–H groups in total. The van der Waals surface area contributed by atoms with Gasteiger partial charge in [-0.3, -0.25) is 14.3 Å². The zero-order valence-corrected chi connectivity index (χ0v) is 19.4. The quantitative estimate of drug-likeness (QED) is 0.719. The van der Waals surface area contributed by atoms with Crippen LogP contribution in [0, 0.1) is 0 Å². The number of rotatable bonds is 7. The fourth-order valence-corrected chi connectivity index (χ4v) is 4.81. The van der Waals surface area contributed by atoms with Crippen molar-refractivity contribution in [2.24, 2.45) is 0 Å². The summed E-state index contributed by atoms with van der Waals surface area (Å²) in [7, 11) is 1.61. The van der Waals surface area contributed by atoms with E-state index >= 15 is 0 Å². The maximum atomic E-state index is 13.5. The van der Waals surface area contributed by atoms with E-state index in [1.165, 1.54) is 12.0 Å². The molecular weight excluding hydrogens is 404 g/mol. The molecule has 2 heterocycles. The number of amides is 2. The lowest BCUT2D eigenvalue weighted by molar-refractivity contribution is -0.134. The first-order chi connectivity index (χ1) is 15.5. The average Bonchev–Trinajstić information content (AvgIpc) is 3.23. The Labute approximate surface area is 190 Å². The SMILES string of the molecule is CCc1ccc(-c2cc3n(n2)CC(C)(C(=O)NC2CCCCC2)N(CCOC)C3=O)cc1. The summed E-state index contributed by atoms with van der Waals surface area (Å²) in [5, 5.41) is 7.95. The van der Waals surface area contributed by atoms with Crippen molar-refractivity contribution >= 4 is 11.8 Å². The Balaban J connectivity index is 1.64. The number of nitrogens with one attached hydrogen (secondary N) is 1. The number of carbonyl (C=O) groups is 2. The van der Waals surface area contributed by atoms with Crippen LogP contribution in [0.1, 0.15) is 62.0 Å². The van der Waals surface area contributed by atoms with E-state index in [2.05, 4.69) is 24.4 Å². The lowest BCUT2D eigenvalue weighted by Gasteiger charge is -2.44. The van der Waals surface area contributed by atoms with Gasteiger partial charge in [-0.15, -0.1) is 0 Å². The first-order valence-electron chi connectivity index (χ1n) is 11.8. The summed E-state index contributed by atoms with van der Waals surface area (Å²) in [5.41, 5.74) is 2.47. The first kappa shape index (κ1) is 22.5. The van der Waals surface area contributed by atoms with E-state index in [1.54, 1.807) is 16.7 Å². The molecule has 1 saturated carbocycles. The number of hydrogen-bond donors (Lipinski definition) is 1. The van der Waals surface area contributed by atoms with Gasteiger partial charge in [-0.2, -0.15) is 5.10 Å². The Bertz CT molecular complexity index is 962. The maximum Gasteiger partial charge on any atom is 0.273 e. The zero-order valence-electron chi connectivity index (χ0n) is 19.4. The molecule has 0 spiro atoms. The monoisotopic (exact) mass is 438 g/mol. The van der Waals surface area contributed by atoms with Crippen LogP contribution < -0.4 is 5.32 Å². The number of methoxy groups -OCH3 is 1. The van der Waals surface area contributed by atoms with Gasteiger partial charge in [-0.05, 0) is 37.8 Å². The molecule has 0 radical (unpaired) electrons. The number of aromatic nitrogens is 2. The molecule has 1 atom stereocenters. The maximum absolute atomic E-state index is 13.5. The summed E-state index contributed by atoms with van der Waals surface area (Å²) in [6.07, 6.45) is 6.47. The molecule has 1 aromatic carbocycles. The molecule has 32 heavy (non-hydrogen) atoms. The van der Waals surface area contributed by atoms with Crippen molar-refractivity contribution in [2.75, 3.05) is 20.3 Å². The molecule has 1 fully saturated rings. The third-order valence-electron chi connectivity index (χ3n) is 6.90. The number of carbonyl (C=O) groups excluding carboxylic acids is 2. The van der Waals surface area contributed by atoms with Crippen molar-refractivity contribution in [3.8, 4) is 11.3 Å². The lowest BCUT2D eigenvalue weighted by atomic mass is 9.91. The molecule has 7 heteroatoms. The summed E-state index contributed by atoms with van der Waals surface area (Å²) in [4.78, 5) is 28.6. The van der Waals surface area contributed by atoms with Crippen molar-refractivity contribution in [2.45, 2.75) is 70.5 Å². The first-order valence-corrected chi connectivity index (χ1v) is 11.8. The van der Waals surface area contributed by atoms with E-state index in [1.807, 2.05) is 25.1 Å². The number of benzene rings is 1. The molecule has 0 saturated heterocycles. The summed E-state index contributed by atoms with van der Waals surface area (Å²) in [6.45, 7) is 5.02. The third-order valence-corrected chi connectivity index (χ3v) is 6.90. The molecule has 1 aliphatic carbocycles. The molecule has 1 unspecified atom stereocenters. The highest BCUT2D eigenvalue weighted by molar-refractivity contribution is 6.00. The minimum Gasteiger partial charge on any atom is -0.383 e. The predicted molar refractivity (Wildman–Crippen MR) is 123 cm³/mol. The Morgan fingerprint density at radius 3 is 2.59 bits per heavy atom. The minimum atomic E-state index is -1.02. The molecule has 2 amide bonds. The van der Waals surface area contributed by atoms with E-state index in [-0.39, 0.29) is 17.9 Å². The minimum absolute atomic E-state index is 0.108. The highest BCUT2D eigenvalue weighted by Gasteiger charge is 2.48. The van der Waals surface area contributed by atoms with Gasteiger partial charge >= 0.3 is 0 Å². The van der Waals surface area contributed by atoms with Crippen molar-refractivity contribution in [3.63, 3.8) is 0 Å². The van der Waals surface area contributed by atoms with Crippen LogP contribution >= 0.6 is 0 Å². The van der Waals surface area contributed by atoms with Gasteiger partial charge in [0.25, 0.3) is 5.91 Å². The van der Waals surface area contributed by atoms with Gasteiger partial charge in [0.05, 0.1) is 18.8 Å². The largest absolute Gasteiger partial charge is 0.383 e. The van der Waals surface area contributed by atoms with Gasteiger partial charge in [0, 0.05) is 25.3 Å². The second kappa shape index (κ2) is 9.45.